The summed E-state index contributed by atoms with van der Waals surface area (Å²) in [5.41, 5.74) is 0.811. The maximum atomic E-state index is 13.2. The van der Waals surface area contributed by atoms with Crippen LogP contribution in [0.1, 0.15) is 10.4 Å². The highest BCUT2D eigenvalue weighted by Crippen LogP contribution is 2.30. The molecule has 4 aromatic rings. The fourth-order valence-electron chi connectivity index (χ4n) is 3.10. The molecular weight excluding hydrogens is 473 g/mol. The first-order chi connectivity index (χ1) is 16.8. The Hall–Kier alpha value is -4.44. The normalized spacial score (nSPS) is 10.9. The summed E-state index contributed by atoms with van der Waals surface area (Å²) in [6.45, 7) is 0. The number of aromatic nitrogens is 1. The molecule has 1 heterocycles. The zero-order chi connectivity index (χ0) is 24.8. The van der Waals surface area contributed by atoms with E-state index in [-0.39, 0.29) is 16.3 Å². The largest absolute Gasteiger partial charge is 0.495 e. The Morgan fingerprint density at radius 3 is 2.34 bits per heavy atom. The monoisotopic (exact) mass is 493 g/mol. The first-order valence-electron chi connectivity index (χ1n) is 10.3. The average molecular weight is 494 g/mol. The molecule has 4 rings (SSSR count). The molecule has 0 aliphatic heterocycles. The number of anilines is 2. The van der Waals surface area contributed by atoms with Gasteiger partial charge in [-0.15, -0.1) is 0 Å². The Kier molecular flexibility index (Phi) is 6.93. The van der Waals surface area contributed by atoms with Gasteiger partial charge in [-0.2, -0.15) is 0 Å². The van der Waals surface area contributed by atoms with Gasteiger partial charge in [-0.25, -0.2) is 12.8 Å². The highest BCUT2D eigenvalue weighted by Gasteiger charge is 2.18. The van der Waals surface area contributed by atoms with Crippen LogP contribution in [0.3, 0.4) is 0 Å². The number of hydrogen-bond donors (Lipinski definition) is 2. The highest BCUT2D eigenvalue weighted by atomic mass is 32.2. The summed E-state index contributed by atoms with van der Waals surface area (Å²) in [5, 5.41) is 2.72. The van der Waals surface area contributed by atoms with E-state index in [2.05, 4.69) is 15.0 Å². The van der Waals surface area contributed by atoms with Crippen molar-refractivity contribution in [1.29, 1.82) is 0 Å². The van der Waals surface area contributed by atoms with Crippen LogP contribution in [-0.2, 0) is 10.0 Å². The van der Waals surface area contributed by atoms with E-state index in [0.717, 1.165) is 24.3 Å². The van der Waals surface area contributed by atoms with Crippen LogP contribution in [0.5, 0.6) is 17.2 Å². The number of rotatable bonds is 8. The summed E-state index contributed by atoms with van der Waals surface area (Å²) in [6, 6.07) is 18.9. The minimum Gasteiger partial charge on any atom is -0.495 e. The summed E-state index contributed by atoms with van der Waals surface area (Å²) in [4.78, 5) is 16.6. The summed E-state index contributed by atoms with van der Waals surface area (Å²) in [7, 11) is -2.63. The number of nitrogens with zero attached hydrogens (tertiary/aromatic N) is 1. The Labute approximate surface area is 201 Å². The fraction of sp³-hybridized carbons (Fsp3) is 0.0400. The molecule has 1 aromatic heterocycles. The van der Waals surface area contributed by atoms with Crippen molar-refractivity contribution in [2.24, 2.45) is 0 Å². The zero-order valence-corrected chi connectivity index (χ0v) is 19.3. The lowest BCUT2D eigenvalue weighted by molar-refractivity contribution is 0.102. The molecule has 0 aliphatic rings. The van der Waals surface area contributed by atoms with Crippen LogP contribution >= 0.6 is 0 Å². The minimum absolute atomic E-state index is 0.106. The molecular formula is C25H20FN3O5S. The lowest BCUT2D eigenvalue weighted by Gasteiger charge is -2.14. The molecule has 0 bridgehead atoms. The van der Waals surface area contributed by atoms with Crippen molar-refractivity contribution in [2.45, 2.75) is 4.90 Å². The van der Waals surface area contributed by atoms with Gasteiger partial charge in [-0.3, -0.25) is 14.5 Å². The van der Waals surface area contributed by atoms with Crippen LogP contribution < -0.4 is 19.5 Å². The lowest BCUT2D eigenvalue weighted by atomic mass is 10.2. The molecule has 0 radical (unpaired) electrons. The Balaban J connectivity index is 1.49. The van der Waals surface area contributed by atoms with Crippen LogP contribution in [-0.4, -0.2) is 26.4 Å². The van der Waals surface area contributed by atoms with Gasteiger partial charge in [0, 0.05) is 17.4 Å². The minimum atomic E-state index is -4.02. The van der Waals surface area contributed by atoms with Gasteiger partial charge in [0.05, 0.1) is 23.9 Å². The predicted molar refractivity (Wildman–Crippen MR) is 129 cm³/mol. The number of ether oxygens (including phenoxy) is 2. The van der Waals surface area contributed by atoms with Crippen LogP contribution in [0.15, 0.2) is 96.2 Å². The number of hydrogen-bond acceptors (Lipinski definition) is 6. The third-order valence-electron chi connectivity index (χ3n) is 4.81. The van der Waals surface area contributed by atoms with E-state index in [0.29, 0.717) is 22.7 Å². The molecule has 0 saturated carbocycles. The molecule has 1 amide bonds. The molecule has 0 aliphatic carbocycles. The van der Waals surface area contributed by atoms with Crippen molar-refractivity contribution in [2.75, 3.05) is 17.1 Å². The van der Waals surface area contributed by atoms with Crippen LogP contribution in [0.4, 0.5) is 15.8 Å². The summed E-state index contributed by atoms with van der Waals surface area (Å²) in [6.07, 6.45) is 3.21. The molecule has 0 saturated heterocycles. The van der Waals surface area contributed by atoms with E-state index in [1.54, 1.807) is 54.9 Å². The maximum Gasteiger partial charge on any atom is 0.262 e. The second-order valence-corrected chi connectivity index (χ2v) is 8.93. The maximum absolute atomic E-state index is 13.2. The van der Waals surface area contributed by atoms with Gasteiger partial charge in [0.2, 0.25) is 0 Å². The molecule has 8 nitrogen and oxygen atoms in total. The summed E-state index contributed by atoms with van der Waals surface area (Å²) >= 11 is 0. The van der Waals surface area contributed by atoms with Gasteiger partial charge in [-0.05, 0) is 78.9 Å². The van der Waals surface area contributed by atoms with Crippen molar-refractivity contribution in [3.8, 4) is 17.2 Å². The van der Waals surface area contributed by atoms with Gasteiger partial charge in [0.15, 0.2) is 0 Å². The standard InChI is InChI=1S/C25H20FN3O5S/c1-33-24-13-8-19(15-23(24)29-35(31,32)22-11-6-18(26)7-12-22)28-25(30)17-4-9-20(10-5-17)34-21-3-2-14-27-16-21/h2-16,29H,1H3,(H,28,30). The SMILES string of the molecule is COc1ccc(NC(=O)c2ccc(Oc3cccnc3)cc2)cc1NS(=O)(=O)c1ccc(F)cc1. The highest BCUT2D eigenvalue weighted by molar-refractivity contribution is 7.92. The van der Waals surface area contributed by atoms with Crippen LogP contribution in [0.2, 0.25) is 0 Å². The van der Waals surface area contributed by atoms with Gasteiger partial charge in [-0.1, -0.05) is 0 Å². The van der Waals surface area contributed by atoms with Crippen molar-refractivity contribution in [3.63, 3.8) is 0 Å². The third kappa shape index (κ3) is 5.92. The van der Waals surface area contributed by atoms with Crippen LogP contribution in [0, 0.1) is 5.82 Å². The molecule has 0 atom stereocenters. The quantitative estimate of drug-likeness (QED) is 0.355. The Morgan fingerprint density at radius 2 is 1.69 bits per heavy atom. The molecule has 10 heteroatoms. The Bertz CT molecular complexity index is 1430. The molecule has 2 N–H and O–H groups in total. The van der Waals surface area contributed by atoms with Crippen molar-refractivity contribution in [1.82, 2.24) is 4.98 Å². The number of halogens is 1. The van der Waals surface area contributed by atoms with E-state index in [1.165, 1.54) is 19.2 Å². The number of nitrogens with one attached hydrogen (secondary N) is 2. The number of sulfonamides is 1. The zero-order valence-electron chi connectivity index (χ0n) is 18.4. The smallest absolute Gasteiger partial charge is 0.262 e. The predicted octanol–water partition coefficient (Wildman–Crippen LogP) is 5.07. The molecule has 3 aromatic carbocycles. The van der Waals surface area contributed by atoms with E-state index in [1.807, 2.05) is 0 Å². The second-order valence-electron chi connectivity index (χ2n) is 7.24. The molecule has 0 spiro atoms. The van der Waals surface area contributed by atoms with E-state index in [4.69, 9.17) is 9.47 Å². The van der Waals surface area contributed by atoms with Crippen LogP contribution in [0.25, 0.3) is 0 Å². The first-order valence-corrected chi connectivity index (χ1v) is 11.8. The van der Waals surface area contributed by atoms with E-state index >= 15 is 0 Å². The van der Waals surface area contributed by atoms with Gasteiger partial charge >= 0.3 is 0 Å². The Morgan fingerprint density at radius 1 is 0.943 bits per heavy atom. The number of amides is 1. The van der Waals surface area contributed by atoms with Crippen molar-refractivity contribution in [3.05, 3.63) is 103 Å². The summed E-state index contributed by atoms with van der Waals surface area (Å²) in [5.74, 6) is 0.388. The number of pyridine rings is 1. The molecule has 35 heavy (non-hydrogen) atoms. The number of carbonyl (C=O) groups excluding carboxylic acids is 1. The first kappa shape index (κ1) is 23.7. The number of benzene rings is 3. The second kappa shape index (κ2) is 10.2. The number of carbonyl (C=O) groups is 1. The van der Waals surface area contributed by atoms with Gasteiger partial charge in [0.1, 0.15) is 23.1 Å². The van der Waals surface area contributed by atoms with E-state index in [9.17, 15) is 17.6 Å². The molecule has 0 unspecified atom stereocenters. The van der Waals surface area contributed by atoms with Crippen molar-refractivity contribution < 1.29 is 27.1 Å². The topological polar surface area (TPSA) is 107 Å². The number of methoxy groups -OCH3 is 1. The van der Waals surface area contributed by atoms with Gasteiger partial charge < -0.3 is 14.8 Å². The van der Waals surface area contributed by atoms with E-state index < -0.39 is 21.7 Å². The third-order valence-corrected chi connectivity index (χ3v) is 6.19. The van der Waals surface area contributed by atoms with Gasteiger partial charge in [0.25, 0.3) is 15.9 Å². The van der Waals surface area contributed by atoms with Crippen molar-refractivity contribution >= 4 is 27.3 Å². The molecule has 0 fully saturated rings. The lowest BCUT2D eigenvalue weighted by Crippen LogP contribution is -2.15. The fourth-order valence-corrected chi connectivity index (χ4v) is 4.17. The summed E-state index contributed by atoms with van der Waals surface area (Å²) < 4.78 is 51.9. The average Bonchev–Trinajstić information content (AvgIpc) is 2.85. The molecule has 178 valence electrons.